The zero-order valence-corrected chi connectivity index (χ0v) is 11.1. The van der Waals surface area contributed by atoms with Gasteiger partial charge in [0.25, 0.3) is 0 Å². The van der Waals surface area contributed by atoms with Crippen LogP contribution in [-0.4, -0.2) is 22.4 Å². The van der Waals surface area contributed by atoms with Crippen LogP contribution in [0.15, 0.2) is 6.07 Å². The van der Waals surface area contributed by atoms with Gasteiger partial charge in [-0.05, 0) is 39.3 Å². The fourth-order valence-corrected chi connectivity index (χ4v) is 2.02. The summed E-state index contributed by atoms with van der Waals surface area (Å²) in [4.78, 5) is 0. The van der Waals surface area contributed by atoms with E-state index in [2.05, 4.69) is 48.9 Å². The molecule has 1 rings (SSSR count). The van der Waals surface area contributed by atoms with E-state index in [0.29, 0.717) is 6.04 Å². The molecule has 1 atom stereocenters. The van der Waals surface area contributed by atoms with Gasteiger partial charge >= 0.3 is 0 Å². The molecule has 0 aliphatic heterocycles. The Morgan fingerprint density at radius 3 is 2.56 bits per heavy atom. The standard InChI is InChI=1S/C13H25N3/c1-5-7-13(14-8-6-2)10-16-12(4)9-11(3)15-16/h9,13-14H,5-8,10H2,1-4H3. The summed E-state index contributed by atoms with van der Waals surface area (Å²) in [5, 5.41) is 8.11. The van der Waals surface area contributed by atoms with Gasteiger partial charge in [0, 0.05) is 11.7 Å². The molecule has 16 heavy (non-hydrogen) atoms. The number of nitrogens with one attached hydrogen (secondary N) is 1. The molecule has 1 heterocycles. The van der Waals surface area contributed by atoms with E-state index in [0.717, 1.165) is 18.8 Å². The van der Waals surface area contributed by atoms with Gasteiger partial charge in [0.15, 0.2) is 0 Å². The van der Waals surface area contributed by atoms with Gasteiger partial charge in [-0.25, -0.2) is 0 Å². The first-order valence-corrected chi connectivity index (χ1v) is 6.41. The van der Waals surface area contributed by atoms with E-state index in [-0.39, 0.29) is 0 Å². The first-order valence-electron chi connectivity index (χ1n) is 6.41. The number of aryl methyl sites for hydroxylation is 2. The Balaban J connectivity index is 2.56. The molecular formula is C13H25N3. The number of aromatic nitrogens is 2. The van der Waals surface area contributed by atoms with Gasteiger partial charge in [0.2, 0.25) is 0 Å². The monoisotopic (exact) mass is 223 g/mol. The summed E-state index contributed by atoms with van der Waals surface area (Å²) in [6, 6.07) is 2.70. The predicted molar refractivity (Wildman–Crippen MR) is 68.7 cm³/mol. The highest BCUT2D eigenvalue weighted by molar-refractivity contribution is 5.06. The van der Waals surface area contributed by atoms with Crippen molar-refractivity contribution < 1.29 is 0 Å². The lowest BCUT2D eigenvalue weighted by molar-refractivity contribution is 0.397. The molecule has 0 bridgehead atoms. The Labute approximate surface area is 99.2 Å². The lowest BCUT2D eigenvalue weighted by Gasteiger charge is -2.18. The second-order valence-electron chi connectivity index (χ2n) is 4.55. The van der Waals surface area contributed by atoms with E-state index in [1.807, 2.05) is 0 Å². The van der Waals surface area contributed by atoms with Crippen molar-refractivity contribution in [2.45, 2.75) is 59.5 Å². The highest BCUT2D eigenvalue weighted by Crippen LogP contribution is 2.06. The van der Waals surface area contributed by atoms with Crippen LogP contribution >= 0.6 is 0 Å². The summed E-state index contributed by atoms with van der Waals surface area (Å²) >= 11 is 0. The quantitative estimate of drug-likeness (QED) is 0.770. The molecule has 0 saturated carbocycles. The maximum Gasteiger partial charge on any atom is 0.0596 e. The van der Waals surface area contributed by atoms with Crippen molar-refractivity contribution in [1.29, 1.82) is 0 Å². The largest absolute Gasteiger partial charge is 0.312 e. The van der Waals surface area contributed by atoms with Crippen molar-refractivity contribution in [3.05, 3.63) is 17.5 Å². The lowest BCUT2D eigenvalue weighted by Crippen LogP contribution is -2.34. The third-order valence-electron chi connectivity index (χ3n) is 2.82. The smallest absolute Gasteiger partial charge is 0.0596 e. The van der Waals surface area contributed by atoms with Crippen molar-refractivity contribution in [1.82, 2.24) is 15.1 Å². The van der Waals surface area contributed by atoms with Crippen molar-refractivity contribution in [3.63, 3.8) is 0 Å². The molecule has 1 aromatic heterocycles. The van der Waals surface area contributed by atoms with Crippen LogP contribution < -0.4 is 5.32 Å². The van der Waals surface area contributed by atoms with E-state index in [4.69, 9.17) is 0 Å². The number of nitrogens with zero attached hydrogens (tertiary/aromatic N) is 2. The molecular weight excluding hydrogens is 198 g/mol. The van der Waals surface area contributed by atoms with E-state index >= 15 is 0 Å². The molecule has 0 saturated heterocycles. The van der Waals surface area contributed by atoms with Crippen molar-refractivity contribution in [3.8, 4) is 0 Å². The van der Waals surface area contributed by atoms with Gasteiger partial charge in [0.1, 0.15) is 0 Å². The van der Waals surface area contributed by atoms with E-state index in [9.17, 15) is 0 Å². The maximum absolute atomic E-state index is 4.52. The Kier molecular flexibility index (Phi) is 5.53. The van der Waals surface area contributed by atoms with Gasteiger partial charge in [-0.1, -0.05) is 20.3 Å². The third kappa shape index (κ3) is 3.97. The predicted octanol–water partition coefficient (Wildman–Crippen LogP) is 2.67. The topological polar surface area (TPSA) is 29.9 Å². The SMILES string of the molecule is CCCNC(CCC)Cn1nc(C)cc1C. The summed E-state index contributed by atoms with van der Waals surface area (Å²) < 4.78 is 2.12. The zero-order valence-electron chi connectivity index (χ0n) is 11.1. The first-order chi connectivity index (χ1) is 7.67. The minimum atomic E-state index is 0.558. The third-order valence-corrected chi connectivity index (χ3v) is 2.82. The van der Waals surface area contributed by atoms with Gasteiger partial charge in [-0.3, -0.25) is 4.68 Å². The number of hydrogen-bond acceptors (Lipinski definition) is 2. The zero-order chi connectivity index (χ0) is 12.0. The molecule has 0 amide bonds. The molecule has 3 heteroatoms. The van der Waals surface area contributed by atoms with Crippen LogP contribution in [0.3, 0.4) is 0 Å². The first kappa shape index (κ1) is 13.2. The van der Waals surface area contributed by atoms with Crippen LogP contribution in [0, 0.1) is 13.8 Å². The molecule has 1 aromatic rings. The van der Waals surface area contributed by atoms with Gasteiger partial charge in [-0.2, -0.15) is 5.10 Å². The highest BCUT2D eigenvalue weighted by Gasteiger charge is 2.09. The molecule has 3 nitrogen and oxygen atoms in total. The van der Waals surface area contributed by atoms with Crippen LogP contribution in [0.5, 0.6) is 0 Å². The van der Waals surface area contributed by atoms with Gasteiger partial charge < -0.3 is 5.32 Å². The van der Waals surface area contributed by atoms with E-state index in [1.54, 1.807) is 0 Å². The Bertz CT molecular complexity index is 304. The molecule has 0 spiro atoms. The summed E-state index contributed by atoms with van der Waals surface area (Å²) in [7, 11) is 0. The molecule has 0 aliphatic carbocycles. The van der Waals surface area contributed by atoms with Crippen molar-refractivity contribution in [2.24, 2.45) is 0 Å². The molecule has 0 radical (unpaired) electrons. The summed E-state index contributed by atoms with van der Waals surface area (Å²) in [5.74, 6) is 0. The van der Waals surface area contributed by atoms with Crippen LogP contribution in [0.4, 0.5) is 0 Å². The van der Waals surface area contributed by atoms with Crippen LogP contribution in [0.2, 0.25) is 0 Å². The maximum atomic E-state index is 4.52. The second kappa shape index (κ2) is 6.69. The van der Waals surface area contributed by atoms with Crippen LogP contribution in [0.25, 0.3) is 0 Å². The molecule has 0 aromatic carbocycles. The number of hydrogen-bond donors (Lipinski definition) is 1. The van der Waals surface area contributed by atoms with Gasteiger partial charge in [-0.15, -0.1) is 0 Å². The minimum absolute atomic E-state index is 0.558. The Hall–Kier alpha value is -0.830. The van der Waals surface area contributed by atoms with Crippen molar-refractivity contribution >= 4 is 0 Å². The summed E-state index contributed by atoms with van der Waals surface area (Å²) in [6.07, 6.45) is 3.64. The minimum Gasteiger partial charge on any atom is -0.312 e. The average molecular weight is 223 g/mol. The normalized spacial score (nSPS) is 13.0. The Morgan fingerprint density at radius 2 is 2.06 bits per heavy atom. The summed E-state index contributed by atoms with van der Waals surface area (Å²) in [5.41, 5.74) is 2.38. The second-order valence-corrected chi connectivity index (χ2v) is 4.55. The fraction of sp³-hybridized carbons (Fsp3) is 0.769. The Morgan fingerprint density at radius 1 is 1.31 bits per heavy atom. The van der Waals surface area contributed by atoms with E-state index in [1.165, 1.54) is 25.0 Å². The molecule has 0 fully saturated rings. The highest BCUT2D eigenvalue weighted by atomic mass is 15.3. The lowest BCUT2D eigenvalue weighted by atomic mass is 10.1. The van der Waals surface area contributed by atoms with Gasteiger partial charge in [0.05, 0.1) is 12.2 Å². The van der Waals surface area contributed by atoms with Crippen LogP contribution in [-0.2, 0) is 6.54 Å². The molecule has 92 valence electrons. The van der Waals surface area contributed by atoms with Crippen molar-refractivity contribution in [2.75, 3.05) is 6.54 Å². The van der Waals surface area contributed by atoms with E-state index < -0.39 is 0 Å². The molecule has 1 unspecified atom stereocenters. The average Bonchev–Trinajstić information content (AvgIpc) is 2.54. The molecule has 0 aliphatic rings. The molecule has 1 N–H and O–H groups in total. The number of rotatable bonds is 7. The fourth-order valence-electron chi connectivity index (χ4n) is 2.02. The summed E-state index contributed by atoms with van der Waals surface area (Å²) in [6.45, 7) is 10.7. The van der Waals surface area contributed by atoms with Crippen LogP contribution in [0.1, 0.15) is 44.5 Å².